The van der Waals surface area contributed by atoms with Crippen LogP contribution in [0.1, 0.15) is 31.0 Å². The first-order chi connectivity index (χ1) is 17.4. The number of aromatic hydroxyl groups is 1. The van der Waals surface area contributed by atoms with Gasteiger partial charge in [-0.3, -0.25) is 9.36 Å². The fourth-order valence-electron chi connectivity index (χ4n) is 4.49. The molecule has 8 heteroatoms. The van der Waals surface area contributed by atoms with Gasteiger partial charge in [-0.05, 0) is 54.5 Å². The van der Waals surface area contributed by atoms with E-state index in [2.05, 4.69) is 4.99 Å². The molecule has 0 fully saturated rings. The third-order valence-electron chi connectivity index (χ3n) is 6.16. The van der Waals surface area contributed by atoms with Gasteiger partial charge in [0.15, 0.2) is 4.80 Å². The third-order valence-corrected chi connectivity index (χ3v) is 7.14. The van der Waals surface area contributed by atoms with E-state index in [1.165, 1.54) is 24.5 Å². The van der Waals surface area contributed by atoms with Gasteiger partial charge in [0.2, 0.25) is 0 Å². The summed E-state index contributed by atoms with van der Waals surface area (Å²) in [6.07, 6.45) is 1.62. The molecule has 0 saturated carbocycles. The number of phenolic OH excluding ortho intramolecular Hbond substituents is 1. The number of esters is 1. The highest BCUT2D eigenvalue weighted by Gasteiger charge is 2.34. The second-order valence-corrected chi connectivity index (χ2v) is 9.30. The van der Waals surface area contributed by atoms with Crippen molar-refractivity contribution in [1.29, 1.82) is 0 Å². The summed E-state index contributed by atoms with van der Waals surface area (Å²) < 4.78 is 12.6. The van der Waals surface area contributed by atoms with Gasteiger partial charge in [0.05, 0.1) is 35.6 Å². The zero-order valence-corrected chi connectivity index (χ0v) is 20.8. The molecule has 2 heterocycles. The molecule has 0 aliphatic carbocycles. The van der Waals surface area contributed by atoms with Crippen LogP contribution < -0.4 is 19.6 Å². The number of ether oxygens (including phenoxy) is 2. The van der Waals surface area contributed by atoms with E-state index in [1.54, 1.807) is 36.6 Å². The van der Waals surface area contributed by atoms with E-state index in [9.17, 15) is 14.7 Å². The number of thiazole rings is 1. The fourth-order valence-corrected chi connectivity index (χ4v) is 5.53. The van der Waals surface area contributed by atoms with Gasteiger partial charge in [-0.15, -0.1) is 0 Å². The lowest BCUT2D eigenvalue weighted by atomic mass is 9.91. The van der Waals surface area contributed by atoms with E-state index in [0.717, 1.165) is 16.3 Å². The van der Waals surface area contributed by atoms with E-state index >= 15 is 0 Å². The molecule has 5 rings (SSSR count). The Morgan fingerprint density at radius 2 is 1.94 bits per heavy atom. The molecule has 0 radical (unpaired) electrons. The summed E-state index contributed by atoms with van der Waals surface area (Å²) in [5.74, 6) is 0.0768. The maximum atomic E-state index is 13.8. The first-order valence-corrected chi connectivity index (χ1v) is 12.3. The van der Waals surface area contributed by atoms with Crippen molar-refractivity contribution in [1.82, 2.24) is 4.57 Å². The van der Waals surface area contributed by atoms with E-state index in [1.807, 2.05) is 42.5 Å². The highest BCUT2D eigenvalue weighted by Crippen LogP contribution is 2.34. The normalized spacial score (nSPS) is 15.5. The third kappa shape index (κ3) is 3.99. The first kappa shape index (κ1) is 23.6. The second kappa shape index (κ2) is 9.47. The minimum atomic E-state index is -0.715. The van der Waals surface area contributed by atoms with Gasteiger partial charge in [0.1, 0.15) is 11.5 Å². The summed E-state index contributed by atoms with van der Waals surface area (Å²) in [5.41, 5.74) is 1.78. The molecule has 1 aliphatic rings. The quantitative estimate of drug-likeness (QED) is 0.423. The minimum absolute atomic E-state index is 0.0237. The number of methoxy groups -OCH3 is 1. The molecule has 1 aromatic heterocycles. The lowest BCUT2D eigenvalue weighted by Crippen LogP contribution is -2.40. The molecule has 0 amide bonds. The topological polar surface area (TPSA) is 90.1 Å². The highest BCUT2D eigenvalue weighted by atomic mass is 32.1. The molecule has 3 aromatic carbocycles. The van der Waals surface area contributed by atoms with Crippen LogP contribution in [0, 0.1) is 0 Å². The Kier molecular flexibility index (Phi) is 6.20. The number of aromatic nitrogens is 1. The first-order valence-electron chi connectivity index (χ1n) is 11.5. The Morgan fingerprint density at radius 3 is 2.72 bits per heavy atom. The Morgan fingerprint density at radius 1 is 1.17 bits per heavy atom. The smallest absolute Gasteiger partial charge is 0.338 e. The number of hydrogen-bond acceptors (Lipinski definition) is 7. The number of rotatable bonds is 5. The number of carbonyl (C=O) groups is 1. The lowest BCUT2D eigenvalue weighted by Gasteiger charge is -2.25. The van der Waals surface area contributed by atoms with Crippen LogP contribution in [0.5, 0.6) is 11.5 Å². The number of carbonyl (C=O) groups excluding carboxylic acids is 1. The van der Waals surface area contributed by atoms with Crippen LogP contribution in [0.2, 0.25) is 0 Å². The second-order valence-electron chi connectivity index (χ2n) is 8.30. The van der Waals surface area contributed by atoms with Crippen LogP contribution in [-0.4, -0.2) is 29.4 Å². The van der Waals surface area contributed by atoms with Crippen LogP contribution >= 0.6 is 11.3 Å². The minimum Gasteiger partial charge on any atom is -0.507 e. The molecule has 0 unspecified atom stereocenters. The molecule has 182 valence electrons. The number of phenols is 1. The summed E-state index contributed by atoms with van der Waals surface area (Å²) in [6.45, 7) is 3.71. The van der Waals surface area contributed by atoms with E-state index in [0.29, 0.717) is 31.9 Å². The molecule has 1 aliphatic heterocycles. The standard InChI is InChI=1S/C28H24N2O5S/c1-4-35-27(33)24-16(2)29-28-30(25(24)21-11-7-9-17-8-5-6-10-20(17)21)26(32)23(36-28)15-18-14-19(34-3)12-13-22(18)31/h5-15,25,31H,4H2,1-3H3/b23-15+/t25-/m0/s1. The zero-order valence-electron chi connectivity index (χ0n) is 20.0. The average Bonchev–Trinajstić information content (AvgIpc) is 3.18. The van der Waals surface area contributed by atoms with E-state index in [4.69, 9.17) is 9.47 Å². The molecule has 1 N–H and O–H groups in total. The van der Waals surface area contributed by atoms with Crippen molar-refractivity contribution in [2.75, 3.05) is 13.7 Å². The van der Waals surface area contributed by atoms with Gasteiger partial charge in [-0.25, -0.2) is 9.79 Å². The number of allylic oxidation sites excluding steroid dienone is 1. The number of benzene rings is 3. The maximum absolute atomic E-state index is 13.8. The van der Waals surface area contributed by atoms with Crippen LogP contribution in [0.15, 0.2) is 81.7 Å². The molecule has 36 heavy (non-hydrogen) atoms. The van der Waals surface area contributed by atoms with Gasteiger partial charge in [-0.2, -0.15) is 0 Å². The zero-order chi connectivity index (χ0) is 25.4. The largest absolute Gasteiger partial charge is 0.507 e. The number of hydrogen-bond donors (Lipinski definition) is 1. The molecule has 7 nitrogen and oxygen atoms in total. The van der Waals surface area contributed by atoms with Gasteiger partial charge in [0, 0.05) is 5.56 Å². The van der Waals surface area contributed by atoms with Crippen molar-refractivity contribution in [3.63, 3.8) is 0 Å². The van der Waals surface area contributed by atoms with Crippen molar-refractivity contribution < 1.29 is 19.4 Å². The monoisotopic (exact) mass is 500 g/mol. The fraction of sp³-hybridized carbons (Fsp3) is 0.179. The molecule has 1 atom stereocenters. The Bertz CT molecular complexity index is 1710. The van der Waals surface area contributed by atoms with Crippen molar-refractivity contribution in [2.24, 2.45) is 4.99 Å². The average molecular weight is 501 g/mol. The Hall–Kier alpha value is -4.17. The highest BCUT2D eigenvalue weighted by molar-refractivity contribution is 7.07. The summed E-state index contributed by atoms with van der Waals surface area (Å²) >= 11 is 1.20. The van der Waals surface area contributed by atoms with Crippen molar-refractivity contribution in [3.05, 3.63) is 103 Å². The molecule has 4 aromatic rings. The van der Waals surface area contributed by atoms with Crippen LogP contribution in [0.3, 0.4) is 0 Å². The molecule has 0 spiro atoms. The van der Waals surface area contributed by atoms with Gasteiger partial charge in [0.25, 0.3) is 5.56 Å². The predicted octanol–water partition coefficient (Wildman–Crippen LogP) is 3.67. The van der Waals surface area contributed by atoms with Gasteiger partial charge < -0.3 is 14.6 Å². The maximum Gasteiger partial charge on any atom is 0.338 e. The molecule has 0 bridgehead atoms. The van der Waals surface area contributed by atoms with E-state index in [-0.39, 0.29) is 17.9 Å². The van der Waals surface area contributed by atoms with Gasteiger partial charge in [-0.1, -0.05) is 53.8 Å². The number of nitrogens with zero attached hydrogens (tertiary/aromatic N) is 2. The summed E-state index contributed by atoms with van der Waals surface area (Å²) in [5, 5.41) is 12.3. The Labute approximate surface area is 210 Å². The Balaban J connectivity index is 1.80. The van der Waals surface area contributed by atoms with Crippen molar-refractivity contribution in [2.45, 2.75) is 19.9 Å². The summed E-state index contributed by atoms with van der Waals surface area (Å²) in [6, 6.07) is 17.8. The molecule has 0 saturated heterocycles. The predicted molar refractivity (Wildman–Crippen MR) is 139 cm³/mol. The SMILES string of the molecule is CCOC(=O)C1=C(C)N=c2s/c(=C/c3cc(OC)ccc3O)c(=O)n2[C@H]1c1cccc2ccccc12. The summed E-state index contributed by atoms with van der Waals surface area (Å²) in [7, 11) is 1.54. The van der Waals surface area contributed by atoms with Crippen LogP contribution in [-0.2, 0) is 9.53 Å². The lowest BCUT2D eigenvalue weighted by molar-refractivity contribution is -0.139. The van der Waals surface area contributed by atoms with Crippen LogP contribution in [0.25, 0.3) is 16.8 Å². The number of fused-ring (bicyclic) bond motifs is 2. The van der Waals surface area contributed by atoms with Gasteiger partial charge >= 0.3 is 5.97 Å². The van der Waals surface area contributed by atoms with Crippen molar-refractivity contribution in [3.8, 4) is 11.5 Å². The molecular formula is C28H24N2O5S. The van der Waals surface area contributed by atoms with Crippen molar-refractivity contribution >= 4 is 34.2 Å². The summed E-state index contributed by atoms with van der Waals surface area (Å²) in [4.78, 5) is 32.1. The molecular weight excluding hydrogens is 476 g/mol. The van der Waals surface area contributed by atoms with Crippen LogP contribution in [0.4, 0.5) is 0 Å². The van der Waals surface area contributed by atoms with E-state index < -0.39 is 12.0 Å².